The molecule has 1 N–H and O–H groups in total. The zero-order valence-electron chi connectivity index (χ0n) is 11.5. The van der Waals surface area contributed by atoms with Crippen molar-refractivity contribution in [2.45, 2.75) is 17.7 Å². The van der Waals surface area contributed by atoms with Crippen LogP contribution in [0.2, 0.25) is 5.02 Å². The second kappa shape index (κ2) is 5.25. The van der Waals surface area contributed by atoms with Gasteiger partial charge in [-0.15, -0.1) is 0 Å². The highest BCUT2D eigenvalue weighted by molar-refractivity contribution is 7.89. The average molecular weight is 326 g/mol. The zero-order chi connectivity index (χ0) is 15.1. The summed E-state index contributed by atoms with van der Waals surface area (Å²) in [5.74, 6) is 0. The Kier molecular flexibility index (Phi) is 3.70. The Hall–Kier alpha value is -1.13. The van der Waals surface area contributed by atoms with Gasteiger partial charge >= 0.3 is 0 Å². The minimum Gasteiger partial charge on any atom is -0.316 e. The summed E-state index contributed by atoms with van der Waals surface area (Å²) in [6.45, 7) is 2.89. The molecule has 0 aromatic heterocycles. The van der Waals surface area contributed by atoms with Crippen LogP contribution in [0.25, 0.3) is 0 Å². The Labute approximate surface area is 129 Å². The molecule has 2 saturated heterocycles. The molecule has 0 radical (unpaired) electrons. The van der Waals surface area contributed by atoms with Crippen molar-refractivity contribution in [2.75, 3.05) is 26.2 Å². The van der Waals surface area contributed by atoms with Gasteiger partial charge in [0.1, 0.15) is 4.90 Å². The molecule has 2 aliphatic rings. The molecule has 5 nitrogen and oxygen atoms in total. The molecule has 2 aliphatic heterocycles. The third-order valence-corrected chi connectivity index (χ3v) is 6.74. The maximum Gasteiger partial charge on any atom is 0.244 e. The van der Waals surface area contributed by atoms with Crippen LogP contribution in [0.3, 0.4) is 0 Å². The first-order chi connectivity index (χ1) is 9.97. The van der Waals surface area contributed by atoms with E-state index < -0.39 is 10.0 Å². The summed E-state index contributed by atoms with van der Waals surface area (Å²) in [6, 6.07) is 6.27. The quantitative estimate of drug-likeness (QED) is 0.896. The number of hydrogen-bond acceptors (Lipinski definition) is 4. The molecule has 1 spiro atoms. The van der Waals surface area contributed by atoms with Gasteiger partial charge in [-0.3, -0.25) is 0 Å². The third-order valence-electron chi connectivity index (χ3n) is 4.41. The maximum absolute atomic E-state index is 12.7. The Bertz CT molecular complexity index is 705. The van der Waals surface area contributed by atoms with E-state index in [1.54, 1.807) is 0 Å². The van der Waals surface area contributed by atoms with E-state index in [0.29, 0.717) is 18.7 Å². The van der Waals surface area contributed by atoms with Crippen LogP contribution in [-0.2, 0) is 10.0 Å². The molecule has 1 aromatic carbocycles. The summed E-state index contributed by atoms with van der Waals surface area (Å²) in [5, 5.41) is 12.3. The minimum atomic E-state index is -3.59. The number of halogens is 1. The number of rotatable bonds is 2. The lowest BCUT2D eigenvalue weighted by molar-refractivity contribution is 0.338. The molecule has 0 bridgehead atoms. The first-order valence-corrected chi connectivity index (χ1v) is 8.69. The summed E-state index contributed by atoms with van der Waals surface area (Å²) >= 11 is 6.05. The van der Waals surface area contributed by atoms with Crippen LogP contribution in [0, 0.1) is 16.7 Å². The number of benzene rings is 1. The number of hydrogen-bond donors (Lipinski definition) is 1. The van der Waals surface area contributed by atoms with Crippen LogP contribution >= 0.6 is 11.6 Å². The lowest BCUT2D eigenvalue weighted by Crippen LogP contribution is -2.33. The summed E-state index contributed by atoms with van der Waals surface area (Å²) in [6.07, 6.45) is 1.90. The van der Waals surface area contributed by atoms with Gasteiger partial charge in [0.05, 0.1) is 16.7 Å². The monoisotopic (exact) mass is 325 g/mol. The van der Waals surface area contributed by atoms with Crippen LogP contribution in [0.5, 0.6) is 0 Å². The number of nitrogens with zero attached hydrogens (tertiary/aromatic N) is 2. The molecule has 2 fully saturated rings. The zero-order valence-corrected chi connectivity index (χ0v) is 13.0. The number of nitriles is 1. The fraction of sp³-hybridized carbons (Fsp3) is 0.500. The van der Waals surface area contributed by atoms with Gasteiger partial charge in [-0.25, -0.2) is 8.42 Å². The van der Waals surface area contributed by atoms with Gasteiger partial charge in [0.15, 0.2) is 0 Å². The van der Waals surface area contributed by atoms with E-state index in [1.165, 1.54) is 22.5 Å². The van der Waals surface area contributed by atoms with E-state index in [0.717, 1.165) is 25.9 Å². The van der Waals surface area contributed by atoms with Crippen LogP contribution in [0.4, 0.5) is 0 Å². The summed E-state index contributed by atoms with van der Waals surface area (Å²) < 4.78 is 27.0. The van der Waals surface area contributed by atoms with Gasteiger partial charge in [-0.1, -0.05) is 11.6 Å². The van der Waals surface area contributed by atoms with Crippen molar-refractivity contribution < 1.29 is 8.42 Å². The van der Waals surface area contributed by atoms with Gasteiger partial charge in [0, 0.05) is 19.6 Å². The van der Waals surface area contributed by atoms with Crippen LogP contribution in [-0.4, -0.2) is 38.9 Å². The first kappa shape index (κ1) is 14.8. The molecule has 0 amide bonds. The van der Waals surface area contributed by atoms with Crippen molar-refractivity contribution in [3.8, 4) is 6.07 Å². The molecular formula is C14H16ClN3O2S. The van der Waals surface area contributed by atoms with E-state index in [1.807, 2.05) is 6.07 Å². The molecule has 1 atom stereocenters. The predicted molar refractivity (Wildman–Crippen MR) is 79.5 cm³/mol. The second-order valence-electron chi connectivity index (χ2n) is 5.77. The molecule has 3 rings (SSSR count). The Morgan fingerprint density at radius 2 is 2.19 bits per heavy atom. The highest BCUT2D eigenvalue weighted by Crippen LogP contribution is 2.39. The predicted octanol–water partition coefficient (Wildman–Crippen LogP) is 1.59. The van der Waals surface area contributed by atoms with Gasteiger partial charge in [0.25, 0.3) is 0 Å². The molecule has 1 aromatic rings. The van der Waals surface area contributed by atoms with E-state index in [4.69, 9.17) is 16.9 Å². The third kappa shape index (κ3) is 2.55. The first-order valence-electron chi connectivity index (χ1n) is 6.87. The van der Waals surface area contributed by atoms with Crippen molar-refractivity contribution in [1.82, 2.24) is 9.62 Å². The Morgan fingerprint density at radius 1 is 1.38 bits per heavy atom. The summed E-state index contributed by atoms with van der Waals surface area (Å²) in [5.41, 5.74) is 0.434. The van der Waals surface area contributed by atoms with E-state index in [2.05, 4.69) is 5.32 Å². The van der Waals surface area contributed by atoms with Crippen molar-refractivity contribution >= 4 is 21.6 Å². The number of nitrogens with one attached hydrogen (secondary N) is 1. The molecule has 2 heterocycles. The van der Waals surface area contributed by atoms with Crippen molar-refractivity contribution in [3.63, 3.8) is 0 Å². The van der Waals surface area contributed by atoms with E-state index in [9.17, 15) is 8.42 Å². The van der Waals surface area contributed by atoms with Crippen LogP contribution in [0.15, 0.2) is 23.1 Å². The minimum absolute atomic E-state index is 0.0755. The van der Waals surface area contributed by atoms with Crippen LogP contribution < -0.4 is 5.32 Å². The van der Waals surface area contributed by atoms with Crippen molar-refractivity contribution in [3.05, 3.63) is 28.8 Å². The topological polar surface area (TPSA) is 73.2 Å². The smallest absolute Gasteiger partial charge is 0.244 e. The second-order valence-corrected chi connectivity index (χ2v) is 8.09. The molecule has 112 valence electrons. The lowest BCUT2D eigenvalue weighted by atomic mass is 9.87. The number of sulfonamides is 1. The molecule has 21 heavy (non-hydrogen) atoms. The molecule has 0 aliphatic carbocycles. The Morgan fingerprint density at radius 3 is 2.81 bits per heavy atom. The van der Waals surface area contributed by atoms with E-state index in [-0.39, 0.29) is 15.3 Å². The van der Waals surface area contributed by atoms with Gasteiger partial charge < -0.3 is 5.32 Å². The van der Waals surface area contributed by atoms with E-state index >= 15 is 0 Å². The highest BCUT2D eigenvalue weighted by Gasteiger charge is 2.44. The fourth-order valence-electron chi connectivity index (χ4n) is 3.16. The standard InChI is InChI=1S/C14H16ClN3O2S/c15-12-7-11(8-16)1-2-13(12)21(19,20)18-6-4-14(10-18)3-5-17-9-14/h1-2,7,17H,3-6,9-10H2. The molecule has 1 unspecified atom stereocenters. The maximum atomic E-state index is 12.7. The summed E-state index contributed by atoms with van der Waals surface area (Å²) in [4.78, 5) is 0.0890. The van der Waals surface area contributed by atoms with Gasteiger partial charge in [-0.05, 0) is 43.0 Å². The normalized spacial score (nSPS) is 26.3. The highest BCUT2D eigenvalue weighted by atomic mass is 35.5. The van der Waals surface area contributed by atoms with Gasteiger partial charge in [0.2, 0.25) is 10.0 Å². The van der Waals surface area contributed by atoms with Gasteiger partial charge in [-0.2, -0.15) is 9.57 Å². The van der Waals surface area contributed by atoms with Crippen LogP contribution in [0.1, 0.15) is 18.4 Å². The van der Waals surface area contributed by atoms with Crippen molar-refractivity contribution in [2.24, 2.45) is 5.41 Å². The molecule has 7 heteroatoms. The van der Waals surface area contributed by atoms with Crippen molar-refractivity contribution in [1.29, 1.82) is 5.26 Å². The SMILES string of the molecule is N#Cc1ccc(S(=O)(=O)N2CCC3(CCNC3)C2)c(Cl)c1. The summed E-state index contributed by atoms with van der Waals surface area (Å²) in [7, 11) is -3.59. The molecular weight excluding hydrogens is 310 g/mol. The average Bonchev–Trinajstić information content (AvgIpc) is 3.09. The Balaban J connectivity index is 1.90. The lowest BCUT2D eigenvalue weighted by Gasteiger charge is -2.22. The molecule has 0 saturated carbocycles. The largest absolute Gasteiger partial charge is 0.316 e. The fourth-order valence-corrected chi connectivity index (χ4v) is 5.23.